The van der Waals surface area contributed by atoms with Crippen LogP contribution >= 0.6 is 0 Å². The molecule has 2 aromatic heterocycles. The summed E-state index contributed by atoms with van der Waals surface area (Å²) in [6, 6.07) is 0. The van der Waals surface area contributed by atoms with Crippen molar-refractivity contribution in [2.24, 2.45) is 0 Å². The molecule has 15 heavy (non-hydrogen) atoms. The lowest BCUT2D eigenvalue weighted by atomic mass is 9.83. The van der Waals surface area contributed by atoms with Gasteiger partial charge in [0.05, 0.1) is 6.20 Å². The monoisotopic (exact) mass is 207 g/mol. The number of hydrogen-bond acceptors (Lipinski definition) is 5. The van der Waals surface area contributed by atoms with Gasteiger partial charge < -0.3 is 15.2 Å². The molecule has 0 aliphatic carbocycles. The van der Waals surface area contributed by atoms with E-state index in [9.17, 15) is 4.79 Å². The summed E-state index contributed by atoms with van der Waals surface area (Å²) in [5.41, 5.74) is 0.267. The van der Waals surface area contributed by atoms with E-state index in [1.54, 1.807) is 0 Å². The molecule has 76 valence electrons. The molecule has 8 heteroatoms. The van der Waals surface area contributed by atoms with Crippen molar-refractivity contribution in [3.8, 4) is 0 Å². The van der Waals surface area contributed by atoms with Crippen LogP contribution in [0.3, 0.4) is 0 Å². The number of fused-ring (bicyclic) bond motifs is 1. The highest BCUT2D eigenvalue weighted by molar-refractivity contribution is 6.58. The zero-order valence-electron chi connectivity index (χ0n) is 7.40. The van der Waals surface area contributed by atoms with Crippen molar-refractivity contribution in [1.29, 1.82) is 0 Å². The lowest BCUT2D eigenvalue weighted by Crippen LogP contribution is -2.31. The van der Waals surface area contributed by atoms with Crippen molar-refractivity contribution in [2.75, 3.05) is 0 Å². The first-order chi connectivity index (χ1) is 7.09. The van der Waals surface area contributed by atoms with Gasteiger partial charge in [-0.25, -0.2) is 14.3 Å². The zero-order chi connectivity index (χ0) is 11.0. The van der Waals surface area contributed by atoms with Crippen LogP contribution in [0.1, 0.15) is 10.4 Å². The van der Waals surface area contributed by atoms with Gasteiger partial charge in [0, 0.05) is 17.9 Å². The Morgan fingerprint density at radius 3 is 2.73 bits per heavy atom. The Bertz CT molecular complexity index is 524. The van der Waals surface area contributed by atoms with Crippen LogP contribution < -0.4 is 5.46 Å². The Kier molecular flexibility index (Phi) is 2.14. The molecule has 2 heterocycles. The lowest BCUT2D eigenvalue weighted by Gasteiger charge is -1.99. The molecule has 7 nitrogen and oxygen atoms in total. The summed E-state index contributed by atoms with van der Waals surface area (Å²) in [6.45, 7) is 0. The summed E-state index contributed by atoms with van der Waals surface area (Å²) < 4.78 is 1.18. The maximum atomic E-state index is 10.7. The van der Waals surface area contributed by atoms with Gasteiger partial charge in [0.2, 0.25) is 0 Å². The number of aromatic carboxylic acids is 1. The summed E-state index contributed by atoms with van der Waals surface area (Å²) in [7, 11) is -1.65. The van der Waals surface area contributed by atoms with E-state index in [1.807, 2.05) is 0 Å². The summed E-state index contributed by atoms with van der Waals surface area (Å²) >= 11 is 0. The van der Waals surface area contributed by atoms with Crippen LogP contribution in [-0.2, 0) is 0 Å². The Labute approximate surface area is 83.8 Å². The fourth-order valence-electron chi connectivity index (χ4n) is 1.17. The molecular weight excluding hydrogens is 201 g/mol. The highest BCUT2D eigenvalue weighted by Crippen LogP contribution is 2.05. The molecule has 0 saturated carbocycles. The quantitative estimate of drug-likeness (QED) is 0.496. The number of nitrogens with zero attached hydrogens (tertiary/aromatic N) is 3. The number of carboxylic acid groups (broad SMARTS) is 1. The van der Waals surface area contributed by atoms with Gasteiger partial charge in [-0.05, 0) is 0 Å². The van der Waals surface area contributed by atoms with Crippen LogP contribution in [0.15, 0.2) is 18.6 Å². The third-order valence-corrected chi connectivity index (χ3v) is 1.90. The number of carboxylic acids is 1. The van der Waals surface area contributed by atoms with Crippen molar-refractivity contribution in [3.05, 3.63) is 24.2 Å². The van der Waals surface area contributed by atoms with E-state index >= 15 is 0 Å². The molecule has 0 saturated heterocycles. The van der Waals surface area contributed by atoms with Crippen LogP contribution in [0.5, 0.6) is 0 Å². The second kappa shape index (κ2) is 3.33. The molecule has 3 N–H and O–H groups in total. The molecule has 2 rings (SSSR count). The third kappa shape index (κ3) is 1.56. The van der Waals surface area contributed by atoms with E-state index in [-0.39, 0.29) is 16.7 Å². The first-order valence-corrected chi connectivity index (χ1v) is 4.02. The fourth-order valence-corrected chi connectivity index (χ4v) is 1.17. The molecule has 0 aliphatic rings. The average Bonchev–Trinajstić information content (AvgIpc) is 2.59. The van der Waals surface area contributed by atoms with Crippen molar-refractivity contribution in [3.63, 3.8) is 0 Å². The molecule has 0 radical (unpaired) electrons. The molecule has 0 aliphatic heterocycles. The Hall–Kier alpha value is -1.93. The second-order valence-corrected chi connectivity index (χ2v) is 2.89. The zero-order valence-corrected chi connectivity index (χ0v) is 7.40. The summed E-state index contributed by atoms with van der Waals surface area (Å²) in [5, 5.41) is 30.2. The van der Waals surface area contributed by atoms with Crippen LogP contribution in [0.2, 0.25) is 0 Å². The van der Waals surface area contributed by atoms with Crippen LogP contribution in [0.4, 0.5) is 0 Å². The van der Waals surface area contributed by atoms with Gasteiger partial charge in [0.15, 0.2) is 5.65 Å². The average molecular weight is 207 g/mol. The van der Waals surface area contributed by atoms with Gasteiger partial charge >= 0.3 is 13.1 Å². The maximum Gasteiger partial charge on any atom is 0.491 e. The fraction of sp³-hybridized carbons (Fsp3) is 0. The van der Waals surface area contributed by atoms with Crippen LogP contribution in [-0.4, -0.2) is 42.8 Å². The second-order valence-electron chi connectivity index (χ2n) is 2.89. The van der Waals surface area contributed by atoms with Gasteiger partial charge in [0.25, 0.3) is 0 Å². The minimum absolute atomic E-state index is 0.0334. The van der Waals surface area contributed by atoms with E-state index in [2.05, 4.69) is 10.1 Å². The number of aromatic nitrogens is 3. The molecular formula is C7H6BN3O4. The molecule has 0 spiro atoms. The number of hydrogen-bond donors (Lipinski definition) is 3. The van der Waals surface area contributed by atoms with Gasteiger partial charge in [-0.2, -0.15) is 5.10 Å². The normalized spacial score (nSPS) is 10.5. The number of carbonyl (C=O) groups is 1. The first-order valence-electron chi connectivity index (χ1n) is 4.02. The van der Waals surface area contributed by atoms with Crippen LogP contribution in [0, 0.1) is 0 Å². The summed E-state index contributed by atoms with van der Waals surface area (Å²) in [6.07, 6.45) is 3.64. The minimum Gasteiger partial charge on any atom is -0.477 e. The van der Waals surface area contributed by atoms with Crippen LogP contribution in [0.25, 0.3) is 5.65 Å². The van der Waals surface area contributed by atoms with E-state index in [4.69, 9.17) is 15.2 Å². The SMILES string of the molecule is O=C(O)c1cnn2cc(B(O)O)cnc12. The van der Waals surface area contributed by atoms with Crippen molar-refractivity contribution in [2.45, 2.75) is 0 Å². The van der Waals surface area contributed by atoms with Crippen molar-refractivity contribution < 1.29 is 19.9 Å². The van der Waals surface area contributed by atoms with Gasteiger partial charge in [-0.1, -0.05) is 0 Å². The predicted molar refractivity (Wildman–Crippen MR) is 49.8 cm³/mol. The topological polar surface area (TPSA) is 108 Å². The van der Waals surface area contributed by atoms with E-state index in [0.717, 1.165) is 6.20 Å². The molecule has 2 aromatic rings. The largest absolute Gasteiger partial charge is 0.491 e. The van der Waals surface area contributed by atoms with Gasteiger partial charge in [-0.15, -0.1) is 0 Å². The molecule has 0 atom stereocenters. The molecule has 0 unspecified atom stereocenters. The minimum atomic E-state index is -1.65. The van der Waals surface area contributed by atoms with E-state index < -0.39 is 13.1 Å². The summed E-state index contributed by atoms with van der Waals surface area (Å²) in [4.78, 5) is 14.5. The highest BCUT2D eigenvalue weighted by Gasteiger charge is 2.16. The lowest BCUT2D eigenvalue weighted by molar-refractivity contribution is 0.0698. The molecule has 0 fully saturated rings. The smallest absolute Gasteiger partial charge is 0.477 e. The highest BCUT2D eigenvalue weighted by atomic mass is 16.4. The van der Waals surface area contributed by atoms with E-state index in [0.29, 0.717) is 0 Å². The molecule has 0 amide bonds. The Morgan fingerprint density at radius 1 is 1.40 bits per heavy atom. The first kappa shape index (κ1) is 9.62. The third-order valence-electron chi connectivity index (χ3n) is 1.90. The predicted octanol–water partition coefficient (Wildman–Crippen LogP) is -1.89. The maximum absolute atomic E-state index is 10.7. The summed E-state index contributed by atoms with van der Waals surface area (Å²) in [5.74, 6) is -1.13. The molecule has 0 aromatic carbocycles. The standard InChI is InChI=1S/C7H6BN3O4/c12-7(13)5-2-10-11-3-4(8(14)15)1-9-6(5)11/h1-3,14-15H,(H,12,13). The Balaban J connectivity index is 2.61. The van der Waals surface area contributed by atoms with Gasteiger partial charge in [-0.3, -0.25) is 0 Å². The number of rotatable bonds is 2. The van der Waals surface area contributed by atoms with E-state index in [1.165, 1.54) is 16.9 Å². The van der Waals surface area contributed by atoms with Gasteiger partial charge in [0.1, 0.15) is 5.56 Å². The Morgan fingerprint density at radius 2 is 2.13 bits per heavy atom. The molecule has 0 bridgehead atoms. The van der Waals surface area contributed by atoms with Crippen molar-refractivity contribution >= 4 is 24.2 Å². The van der Waals surface area contributed by atoms with Crippen molar-refractivity contribution in [1.82, 2.24) is 14.6 Å².